The monoisotopic (exact) mass is 471 g/mol. The van der Waals surface area contributed by atoms with Gasteiger partial charge >= 0.3 is 12.1 Å². The van der Waals surface area contributed by atoms with E-state index in [-0.39, 0.29) is 6.42 Å². The largest absolute Gasteiger partial charge is 0.497 e. The van der Waals surface area contributed by atoms with Gasteiger partial charge in [-0.25, -0.2) is 9.59 Å². The van der Waals surface area contributed by atoms with E-state index in [2.05, 4.69) is 0 Å². The molecule has 1 N–H and O–H groups in total. The molecule has 184 valence electrons. The number of ether oxygens (including phenoxy) is 4. The maximum atomic E-state index is 12.8. The van der Waals surface area contributed by atoms with Crippen molar-refractivity contribution in [2.45, 2.75) is 38.7 Å². The second-order valence-corrected chi connectivity index (χ2v) is 8.27. The minimum absolute atomic E-state index is 0.288. The van der Waals surface area contributed by atoms with Crippen molar-refractivity contribution in [2.75, 3.05) is 33.4 Å². The predicted octanol–water partition coefficient (Wildman–Crippen LogP) is 4.41. The summed E-state index contributed by atoms with van der Waals surface area (Å²) >= 11 is 0. The quantitative estimate of drug-likeness (QED) is 0.462. The lowest BCUT2D eigenvalue weighted by Crippen LogP contribution is -2.41. The predicted molar refractivity (Wildman–Crippen MR) is 127 cm³/mol. The first-order valence-corrected chi connectivity index (χ1v) is 11.7. The number of carbonyl (C=O) groups is 2. The standard InChI is InChI=1S/C26H33NO7/c1-3-32-24(25(28)29)17-19-7-9-22(10-8-19)33-16-15-27(18-20-5-4-6-20)26(30)34-23-13-11-21(31-2)12-14-23/h7-14,20,24H,3-6,15-18H2,1-2H3,(H,28,29). The van der Waals surface area contributed by atoms with Crippen LogP contribution in [0.3, 0.4) is 0 Å². The highest BCUT2D eigenvalue weighted by atomic mass is 16.6. The van der Waals surface area contributed by atoms with Crippen LogP contribution in [0.1, 0.15) is 31.7 Å². The Labute approximate surface area is 200 Å². The van der Waals surface area contributed by atoms with Crippen molar-refractivity contribution in [3.63, 3.8) is 0 Å². The van der Waals surface area contributed by atoms with Crippen molar-refractivity contribution in [1.82, 2.24) is 4.90 Å². The minimum atomic E-state index is -0.977. The Bertz CT molecular complexity index is 910. The molecule has 1 unspecified atom stereocenters. The first-order chi connectivity index (χ1) is 16.5. The molecule has 1 fully saturated rings. The number of carbonyl (C=O) groups excluding carboxylic acids is 1. The molecule has 1 atom stereocenters. The highest BCUT2D eigenvalue weighted by molar-refractivity contribution is 5.72. The molecule has 1 aliphatic carbocycles. The summed E-state index contributed by atoms with van der Waals surface area (Å²) in [5.74, 6) is 1.33. The molecule has 3 rings (SSSR count). The van der Waals surface area contributed by atoms with E-state index in [1.807, 2.05) is 12.1 Å². The van der Waals surface area contributed by atoms with Crippen LogP contribution in [-0.4, -0.2) is 61.6 Å². The van der Waals surface area contributed by atoms with Crippen molar-refractivity contribution < 1.29 is 33.6 Å². The Balaban J connectivity index is 1.52. The van der Waals surface area contributed by atoms with Crippen molar-refractivity contribution in [3.05, 3.63) is 54.1 Å². The van der Waals surface area contributed by atoms with Crippen LogP contribution >= 0.6 is 0 Å². The number of benzene rings is 2. The SMILES string of the molecule is CCOC(Cc1ccc(OCCN(CC2CCC2)C(=O)Oc2ccc(OC)cc2)cc1)C(=O)O. The van der Waals surface area contributed by atoms with Gasteiger partial charge in [-0.2, -0.15) is 0 Å². The van der Waals surface area contributed by atoms with Crippen LogP contribution in [0.15, 0.2) is 48.5 Å². The fourth-order valence-corrected chi connectivity index (χ4v) is 3.68. The summed E-state index contributed by atoms with van der Waals surface area (Å²) in [5.41, 5.74) is 0.850. The lowest BCUT2D eigenvalue weighted by Gasteiger charge is -2.31. The molecule has 1 amide bonds. The number of carboxylic acid groups (broad SMARTS) is 1. The van der Waals surface area contributed by atoms with Crippen molar-refractivity contribution in [2.24, 2.45) is 5.92 Å². The molecule has 0 radical (unpaired) electrons. The summed E-state index contributed by atoms with van der Waals surface area (Å²) in [5, 5.41) is 9.24. The molecule has 34 heavy (non-hydrogen) atoms. The zero-order chi connectivity index (χ0) is 24.3. The van der Waals surface area contributed by atoms with Crippen LogP contribution in [0, 0.1) is 5.92 Å². The Morgan fingerprint density at radius 3 is 2.24 bits per heavy atom. The number of methoxy groups -OCH3 is 1. The maximum Gasteiger partial charge on any atom is 0.415 e. The summed E-state index contributed by atoms with van der Waals surface area (Å²) in [6.45, 7) is 3.48. The molecule has 1 saturated carbocycles. The summed E-state index contributed by atoms with van der Waals surface area (Å²) in [7, 11) is 1.59. The highest BCUT2D eigenvalue weighted by Gasteiger charge is 2.25. The number of hydrogen-bond acceptors (Lipinski definition) is 6. The third kappa shape index (κ3) is 7.66. The molecular weight excluding hydrogens is 438 g/mol. The molecule has 0 aromatic heterocycles. The first kappa shape index (κ1) is 25.4. The van der Waals surface area contributed by atoms with E-state index in [9.17, 15) is 14.7 Å². The smallest absolute Gasteiger partial charge is 0.415 e. The van der Waals surface area contributed by atoms with Crippen LogP contribution < -0.4 is 14.2 Å². The van der Waals surface area contributed by atoms with Gasteiger partial charge in [-0.1, -0.05) is 18.6 Å². The Kier molecular flexibility index (Phi) is 9.58. The van der Waals surface area contributed by atoms with Crippen LogP contribution in [0.25, 0.3) is 0 Å². The van der Waals surface area contributed by atoms with E-state index in [1.165, 1.54) is 6.42 Å². The van der Waals surface area contributed by atoms with Crippen molar-refractivity contribution >= 4 is 12.1 Å². The fraction of sp³-hybridized carbons (Fsp3) is 0.462. The van der Waals surface area contributed by atoms with Crippen LogP contribution in [0.4, 0.5) is 4.79 Å². The molecule has 1 aliphatic rings. The molecule has 0 bridgehead atoms. The topological polar surface area (TPSA) is 94.5 Å². The molecule has 0 spiro atoms. The lowest BCUT2D eigenvalue weighted by atomic mass is 9.85. The van der Waals surface area contributed by atoms with Gasteiger partial charge in [0, 0.05) is 19.6 Å². The Hall–Kier alpha value is -3.26. The van der Waals surface area contributed by atoms with E-state index in [0.717, 1.165) is 18.4 Å². The number of nitrogens with zero attached hydrogens (tertiary/aromatic N) is 1. The molecular formula is C26H33NO7. The average Bonchev–Trinajstić information content (AvgIpc) is 2.81. The Morgan fingerprint density at radius 1 is 1.03 bits per heavy atom. The maximum absolute atomic E-state index is 12.8. The molecule has 2 aromatic carbocycles. The zero-order valence-corrected chi connectivity index (χ0v) is 19.8. The molecule has 0 heterocycles. The zero-order valence-electron chi connectivity index (χ0n) is 19.8. The average molecular weight is 472 g/mol. The third-order valence-electron chi connectivity index (χ3n) is 5.84. The van der Waals surface area contributed by atoms with Gasteiger partial charge in [0.25, 0.3) is 0 Å². The second kappa shape index (κ2) is 12.8. The van der Waals surface area contributed by atoms with Gasteiger partial charge in [-0.05, 0) is 67.6 Å². The molecule has 8 heteroatoms. The van der Waals surface area contributed by atoms with Crippen LogP contribution in [0.2, 0.25) is 0 Å². The summed E-state index contributed by atoms with van der Waals surface area (Å²) in [6.07, 6.45) is 2.46. The van der Waals surface area contributed by atoms with E-state index >= 15 is 0 Å². The number of rotatable bonds is 13. The summed E-state index contributed by atoms with van der Waals surface area (Å²) in [4.78, 5) is 25.8. The second-order valence-electron chi connectivity index (χ2n) is 8.27. The van der Waals surface area contributed by atoms with E-state index < -0.39 is 18.2 Å². The van der Waals surface area contributed by atoms with E-state index in [0.29, 0.717) is 49.5 Å². The first-order valence-electron chi connectivity index (χ1n) is 11.7. The number of hydrogen-bond donors (Lipinski definition) is 1. The fourth-order valence-electron chi connectivity index (χ4n) is 3.68. The summed E-state index contributed by atoms with van der Waals surface area (Å²) in [6, 6.07) is 14.2. The third-order valence-corrected chi connectivity index (χ3v) is 5.84. The lowest BCUT2D eigenvalue weighted by molar-refractivity contribution is -0.149. The van der Waals surface area contributed by atoms with Gasteiger partial charge in [0.05, 0.1) is 13.7 Å². The van der Waals surface area contributed by atoms with Crippen molar-refractivity contribution in [3.8, 4) is 17.2 Å². The van der Waals surface area contributed by atoms with E-state index in [4.69, 9.17) is 18.9 Å². The van der Waals surface area contributed by atoms with Gasteiger partial charge in [0.1, 0.15) is 23.9 Å². The minimum Gasteiger partial charge on any atom is -0.497 e. The number of amides is 1. The van der Waals surface area contributed by atoms with E-state index in [1.54, 1.807) is 55.3 Å². The van der Waals surface area contributed by atoms with Gasteiger partial charge < -0.3 is 29.0 Å². The van der Waals surface area contributed by atoms with Crippen LogP contribution in [0.5, 0.6) is 17.2 Å². The number of carboxylic acids is 1. The van der Waals surface area contributed by atoms with Crippen LogP contribution in [-0.2, 0) is 16.0 Å². The number of aliphatic carboxylic acids is 1. The molecule has 0 aliphatic heterocycles. The summed E-state index contributed by atoms with van der Waals surface area (Å²) < 4.78 is 21.8. The Morgan fingerprint density at radius 2 is 1.68 bits per heavy atom. The van der Waals surface area contributed by atoms with Crippen molar-refractivity contribution in [1.29, 1.82) is 0 Å². The molecule has 2 aromatic rings. The van der Waals surface area contributed by atoms with Gasteiger partial charge in [0.15, 0.2) is 6.10 Å². The van der Waals surface area contributed by atoms with Gasteiger partial charge in [0.2, 0.25) is 0 Å². The normalized spacial score (nSPS) is 14.1. The molecule has 8 nitrogen and oxygen atoms in total. The van der Waals surface area contributed by atoms with Gasteiger partial charge in [-0.3, -0.25) is 0 Å². The molecule has 0 saturated heterocycles. The van der Waals surface area contributed by atoms with Gasteiger partial charge in [-0.15, -0.1) is 0 Å². The highest BCUT2D eigenvalue weighted by Crippen LogP contribution is 2.27.